The van der Waals surface area contributed by atoms with Crippen LogP contribution in [-0.2, 0) is 4.79 Å². The van der Waals surface area contributed by atoms with Crippen LogP contribution in [0, 0.1) is 0 Å². The third-order valence-electron chi connectivity index (χ3n) is 4.89. The van der Waals surface area contributed by atoms with E-state index in [2.05, 4.69) is 10.6 Å². The molecule has 4 rings (SSSR count). The molecule has 0 saturated carbocycles. The molecule has 33 heavy (non-hydrogen) atoms. The van der Waals surface area contributed by atoms with Crippen molar-refractivity contribution in [3.63, 3.8) is 0 Å². The predicted octanol–water partition coefficient (Wildman–Crippen LogP) is 5.52. The molecule has 0 atom stereocenters. The number of nitrogens with one attached hydrogen (secondary N) is 2. The average Bonchev–Trinajstić information content (AvgIpc) is 2.83. The molecule has 2 amide bonds. The summed E-state index contributed by atoms with van der Waals surface area (Å²) in [6.07, 6.45) is 0. The first-order chi connectivity index (χ1) is 16.0. The molecule has 7 heteroatoms. The summed E-state index contributed by atoms with van der Waals surface area (Å²) < 4.78 is 0. The van der Waals surface area contributed by atoms with Crippen LogP contribution >= 0.6 is 11.8 Å². The van der Waals surface area contributed by atoms with Gasteiger partial charge in [0.05, 0.1) is 11.3 Å². The molecule has 4 aromatic carbocycles. The van der Waals surface area contributed by atoms with Gasteiger partial charge in [-0.2, -0.15) is 0 Å². The minimum atomic E-state index is -1.05. The number of carbonyl (C=O) groups excluding carboxylic acids is 2. The second kappa shape index (κ2) is 10.0. The van der Waals surface area contributed by atoms with Crippen LogP contribution in [0.2, 0.25) is 0 Å². The van der Waals surface area contributed by atoms with Crippen molar-refractivity contribution in [2.45, 2.75) is 4.90 Å². The third kappa shape index (κ3) is 5.78. The van der Waals surface area contributed by atoms with Crippen LogP contribution in [0.5, 0.6) is 0 Å². The Hall–Kier alpha value is -4.10. The van der Waals surface area contributed by atoms with Gasteiger partial charge in [0.2, 0.25) is 5.91 Å². The summed E-state index contributed by atoms with van der Waals surface area (Å²) in [5.41, 5.74) is 1.79. The summed E-state index contributed by atoms with van der Waals surface area (Å²) >= 11 is 1.34. The Labute approximate surface area is 194 Å². The van der Waals surface area contributed by atoms with Crippen molar-refractivity contribution in [1.29, 1.82) is 0 Å². The van der Waals surface area contributed by atoms with Gasteiger partial charge >= 0.3 is 5.97 Å². The van der Waals surface area contributed by atoms with E-state index in [1.807, 2.05) is 48.5 Å². The Morgan fingerprint density at radius 3 is 2.21 bits per heavy atom. The van der Waals surface area contributed by atoms with E-state index >= 15 is 0 Å². The Morgan fingerprint density at radius 2 is 1.45 bits per heavy atom. The van der Waals surface area contributed by atoms with Crippen LogP contribution in [-0.4, -0.2) is 28.6 Å². The predicted molar refractivity (Wildman–Crippen MR) is 131 cm³/mol. The van der Waals surface area contributed by atoms with Crippen molar-refractivity contribution in [3.8, 4) is 0 Å². The van der Waals surface area contributed by atoms with Crippen molar-refractivity contribution < 1.29 is 19.5 Å². The molecule has 0 saturated heterocycles. The quantitative estimate of drug-likeness (QED) is 0.318. The number of hydrogen-bond acceptors (Lipinski definition) is 4. The Balaban J connectivity index is 1.31. The van der Waals surface area contributed by atoms with Crippen LogP contribution in [0.15, 0.2) is 95.9 Å². The Kier molecular flexibility index (Phi) is 6.71. The van der Waals surface area contributed by atoms with E-state index in [0.717, 1.165) is 15.7 Å². The van der Waals surface area contributed by atoms with Crippen molar-refractivity contribution in [2.75, 3.05) is 16.4 Å². The first-order valence-electron chi connectivity index (χ1n) is 10.1. The van der Waals surface area contributed by atoms with Crippen LogP contribution in [0.3, 0.4) is 0 Å². The van der Waals surface area contributed by atoms with E-state index in [1.165, 1.54) is 23.9 Å². The normalized spacial score (nSPS) is 10.5. The van der Waals surface area contributed by atoms with Crippen LogP contribution in [0.4, 0.5) is 11.4 Å². The van der Waals surface area contributed by atoms with Crippen LogP contribution in [0.1, 0.15) is 20.7 Å². The van der Waals surface area contributed by atoms with Gasteiger partial charge in [0.25, 0.3) is 5.91 Å². The SMILES string of the molecule is O=C(CSc1ccc(NC(=O)c2ccc3ccccc3c2)cc1)Nc1cccc(C(=O)O)c1. The molecule has 0 aliphatic heterocycles. The summed E-state index contributed by atoms with van der Waals surface area (Å²) in [5.74, 6) is -1.31. The maximum absolute atomic E-state index is 12.6. The number of carbonyl (C=O) groups is 3. The molecule has 0 spiro atoms. The number of carboxylic acid groups (broad SMARTS) is 1. The number of thioether (sulfide) groups is 1. The molecule has 0 bridgehead atoms. The number of aromatic carboxylic acids is 1. The number of anilines is 2. The zero-order valence-electron chi connectivity index (χ0n) is 17.4. The maximum atomic E-state index is 12.6. The van der Waals surface area contributed by atoms with E-state index in [4.69, 9.17) is 5.11 Å². The van der Waals surface area contributed by atoms with E-state index < -0.39 is 5.97 Å². The molecular weight excluding hydrogens is 436 g/mol. The Morgan fingerprint density at radius 1 is 0.697 bits per heavy atom. The second-order valence-electron chi connectivity index (χ2n) is 7.26. The highest BCUT2D eigenvalue weighted by Gasteiger charge is 2.09. The lowest BCUT2D eigenvalue weighted by Gasteiger charge is -2.08. The van der Waals surface area contributed by atoms with Gasteiger partial charge < -0.3 is 15.7 Å². The molecule has 0 aliphatic carbocycles. The topological polar surface area (TPSA) is 95.5 Å². The van der Waals surface area contributed by atoms with Gasteiger partial charge in [-0.3, -0.25) is 9.59 Å². The fourth-order valence-corrected chi connectivity index (χ4v) is 3.94. The fourth-order valence-electron chi connectivity index (χ4n) is 3.24. The molecule has 6 nitrogen and oxygen atoms in total. The number of hydrogen-bond donors (Lipinski definition) is 3. The molecule has 4 aromatic rings. The molecule has 0 aliphatic rings. The number of rotatable bonds is 7. The second-order valence-corrected chi connectivity index (χ2v) is 8.31. The molecular formula is C26H20N2O4S. The van der Waals surface area contributed by atoms with Gasteiger partial charge in [-0.25, -0.2) is 4.79 Å². The lowest BCUT2D eigenvalue weighted by atomic mass is 10.1. The van der Waals surface area contributed by atoms with Gasteiger partial charge in [-0.1, -0.05) is 36.4 Å². The van der Waals surface area contributed by atoms with Crippen molar-refractivity contribution in [3.05, 3.63) is 102 Å². The summed E-state index contributed by atoms with van der Waals surface area (Å²) in [6, 6.07) is 26.8. The largest absolute Gasteiger partial charge is 0.478 e. The fraction of sp³-hybridized carbons (Fsp3) is 0.0385. The van der Waals surface area contributed by atoms with Gasteiger partial charge in [-0.05, 0) is 65.4 Å². The van der Waals surface area contributed by atoms with Crippen molar-refractivity contribution in [1.82, 2.24) is 0 Å². The smallest absolute Gasteiger partial charge is 0.335 e. The number of benzene rings is 4. The molecule has 0 fully saturated rings. The highest BCUT2D eigenvalue weighted by molar-refractivity contribution is 8.00. The lowest BCUT2D eigenvalue weighted by molar-refractivity contribution is -0.113. The summed E-state index contributed by atoms with van der Waals surface area (Å²) in [5, 5.41) is 16.7. The highest BCUT2D eigenvalue weighted by atomic mass is 32.2. The Bertz CT molecular complexity index is 1340. The maximum Gasteiger partial charge on any atom is 0.335 e. The van der Waals surface area contributed by atoms with E-state index in [0.29, 0.717) is 16.9 Å². The van der Waals surface area contributed by atoms with E-state index in [-0.39, 0.29) is 23.1 Å². The van der Waals surface area contributed by atoms with Gasteiger partial charge in [0.1, 0.15) is 0 Å². The zero-order valence-corrected chi connectivity index (χ0v) is 18.3. The highest BCUT2D eigenvalue weighted by Crippen LogP contribution is 2.22. The van der Waals surface area contributed by atoms with Crippen LogP contribution in [0.25, 0.3) is 10.8 Å². The van der Waals surface area contributed by atoms with Crippen molar-refractivity contribution in [2.24, 2.45) is 0 Å². The van der Waals surface area contributed by atoms with Gasteiger partial charge in [0, 0.05) is 21.8 Å². The summed E-state index contributed by atoms with van der Waals surface area (Å²) in [6.45, 7) is 0. The molecule has 0 aromatic heterocycles. The summed E-state index contributed by atoms with van der Waals surface area (Å²) in [4.78, 5) is 36.7. The molecule has 0 heterocycles. The van der Waals surface area contributed by atoms with E-state index in [9.17, 15) is 14.4 Å². The monoisotopic (exact) mass is 456 g/mol. The molecule has 164 valence electrons. The minimum absolute atomic E-state index is 0.113. The molecule has 0 radical (unpaired) electrons. The van der Waals surface area contributed by atoms with Crippen LogP contribution < -0.4 is 10.6 Å². The molecule has 0 unspecified atom stereocenters. The summed E-state index contributed by atoms with van der Waals surface area (Å²) in [7, 11) is 0. The molecule has 3 N–H and O–H groups in total. The minimum Gasteiger partial charge on any atom is -0.478 e. The van der Waals surface area contributed by atoms with Gasteiger partial charge in [-0.15, -0.1) is 11.8 Å². The number of carboxylic acids is 1. The number of amides is 2. The standard InChI is InChI=1S/C26H20N2O4S/c29-24(27-22-7-3-6-20(15-22)26(31)32)16-33-23-12-10-21(11-13-23)28-25(30)19-9-8-17-4-1-2-5-18(17)14-19/h1-15H,16H2,(H,27,29)(H,28,30)(H,31,32). The first-order valence-corrected chi connectivity index (χ1v) is 11.1. The van der Waals surface area contributed by atoms with Gasteiger partial charge in [0.15, 0.2) is 0 Å². The average molecular weight is 457 g/mol. The first kappa shape index (κ1) is 22.1. The third-order valence-corrected chi connectivity index (χ3v) is 5.90. The zero-order chi connectivity index (χ0) is 23.2. The number of fused-ring (bicyclic) bond motifs is 1. The van der Waals surface area contributed by atoms with Crippen molar-refractivity contribution >= 4 is 51.7 Å². The van der Waals surface area contributed by atoms with E-state index in [1.54, 1.807) is 30.3 Å². The lowest BCUT2D eigenvalue weighted by Crippen LogP contribution is -2.14.